The Morgan fingerprint density at radius 1 is 1.30 bits per heavy atom. The molecular weight excluding hydrogens is 393 g/mol. The number of rotatable bonds is 3. The molecule has 1 saturated heterocycles. The monoisotopic (exact) mass is 417 g/mol. The van der Waals surface area contributed by atoms with Gasteiger partial charge in [0.15, 0.2) is 0 Å². The SMILES string of the molecule is COc1ccc(Cl)c(Cl)c1C1CCN(C(=O)OC(C)(C)C)C(C(=O)NN)C1. The van der Waals surface area contributed by atoms with E-state index in [2.05, 4.69) is 5.43 Å². The molecule has 7 nitrogen and oxygen atoms in total. The van der Waals surface area contributed by atoms with Crippen LogP contribution in [0.5, 0.6) is 5.75 Å². The first-order chi connectivity index (χ1) is 12.6. The van der Waals surface area contributed by atoms with Crippen LogP contribution in [0.25, 0.3) is 0 Å². The number of nitrogens with two attached hydrogens (primary N) is 1. The molecule has 2 unspecified atom stereocenters. The molecule has 0 spiro atoms. The van der Waals surface area contributed by atoms with Crippen molar-refractivity contribution in [3.05, 3.63) is 27.7 Å². The Balaban J connectivity index is 2.33. The minimum Gasteiger partial charge on any atom is -0.496 e. The third-order valence-electron chi connectivity index (χ3n) is 4.40. The van der Waals surface area contributed by atoms with E-state index < -0.39 is 23.6 Å². The van der Waals surface area contributed by atoms with Crippen molar-refractivity contribution in [2.24, 2.45) is 5.84 Å². The number of carbonyl (C=O) groups excluding carboxylic acids is 2. The molecule has 1 heterocycles. The lowest BCUT2D eigenvalue weighted by Crippen LogP contribution is -2.55. The zero-order valence-electron chi connectivity index (χ0n) is 15.8. The summed E-state index contributed by atoms with van der Waals surface area (Å²) in [5, 5.41) is 0.792. The van der Waals surface area contributed by atoms with Crippen LogP contribution in [0.3, 0.4) is 0 Å². The van der Waals surface area contributed by atoms with Gasteiger partial charge in [0.05, 0.1) is 17.2 Å². The summed E-state index contributed by atoms with van der Waals surface area (Å²) < 4.78 is 10.8. The second-order valence-corrected chi connectivity index (χ2v) is 8.18. The molecule has 2 amide bonds. The summed E-state index contributed by atoms with van der Waals surface area (Å²) in [6, 6.07) is 2.61. The first kappa shape index (κ1) is 21.6. The Kier molecular flexibility index (Phi) is 6.83. The molecule has 1 aliphatic rings. The van der Waals surface area contributed by atoms with Crippen LogP contribution in [-0.2, 0) is 9.53 Å². The van der Waals surface area contributed by atoms with Crippen LogP contribution in [0.4, 0.5) is 4.79 Å². The quantitative estimate of drug-likeness (QED) is 0.445. The predicted octanol–water partition coefficient (Wildman–Crippen LogP) is 3.48. The summed E-state index contributed by atoms with van der Waals surface area (Å²) in [4.78, 5) is 26.3. The molecule has 27 heavy (non-hydrogen) atoms. The second kappa shape index (κ2) is 8.54. The van der Waals surface area contributed by atoms with E-state index in [9.17, 15) is 9.59 Å². The van der Waals surface area contributed by atoms with Crippen LogP contribution in [0, 0.1) is 0 Å². The fourth-order valence-electron chi connectivity index (χ4n) is 3.22. The van der Waals surface area contributed by atoms with Gasteiger partial charge in [0.2, 0.25) is 0 Å². The molecule has 3 N–H and O–H groups in total. The van der Waals surface area contributed by atoms with Gasteiger partial charge >= 0.3 is 6.09 Å². The Bertz CT molecular complexity index is 721. The summed E-state index contributed by atoms with van der Waals surface area (Å²) in [6.45, 7) is 5.62. The molecule has 0 radical (unpaired) electrons. The number of ether oxygens (including phenoxy) is 2. The van der Waals surface area contributed by atoms with Gasteiger partial charge in [-0.2, -0.15) is 0 Å². The molecule has 2 rings (SSSR count). The molecule has 0 aliphatic carbocycles. The highest BCUT2D eigenvalue weighted by Crippen LogP contribution is 2.43. The number of carbonyl (C=O) groups is 2. The number of nitrogens with one attached hydrogen (secondary N) is 1. The lowest BCUT2D eigenvalue weighted by atomic mass is 9.84. The zero-order chi connectivity index (χ0) is 20.4. The molecule has 0 saturated carbocycles. The molecule has 2 atom stereocenters. The number of hydrazine groups is 1. The summed E-state index contributed by atoms with van der Waals surface area (Å²) in [6.07, 6.45) is 0.335. The van der Waals surface area contributed by atoms with Crippen molar-refractivity contribution >= 4 is 35.2 Å². The standard InChI is InChI=1S/C18H25Cl2N3O4/c1-18(2,3)27-17(25)23-8-7-10(9-12(23)16(24)22-21)14-13(26-4)6-5-11(19)15(14)20/h5-6,10,12H,7-9,21H2,1-4H3,(H,22,24). The van der Waals surface area contributed by atoms with Gasteiger partial charge in [-0.1, -0.05) is 23.2 Å². The maximum absolute atomic E-state index is 12.5. The number of hydrogen-bond acceptors (Lipinski definition) is 5. The Morgan fingerprint density at radius 2 is 1.96 bits per heavy atom. The van der Waals surface area contributed by atoms with Crippen LogP contribution in [0.15, 0.2) is 12.1 Å². The van der Waals surface area contributed by atoms with Gasteiger partial charge in [0, 0.05) is 12.1 Å². The molecule has 1 aromatic rings. The summed E-state index contributed by atoms with van der Waals surface area (Å²) in [7, 11) is 1.54. The van der Waals surface area contributed by atoms with Crippen molar-refractivity contribution in [2.75, 3.05) is 13.7 Å². The highest BCUT2D eigenvalue weighted by molar-refractivity contribution is 6.42. The molecule has 0 bridgehead atoms. The van der Waals surface area contributed by atoms with Gasteiger partial charge in [-0.15, -0.1) is 0 Å². The van der Waals surface area contributed by atoms with Gasteiger partial charge < -0.3 is 9.47 Å². The largest absolute Gasteiger partial charge is 0.496 e. The number of halogens is 2. The highest BCUT2D eigenvalue weighted by atomic mass is 35.5. The average molecular weight is 418 g/mol. The molecule has 1 aliphatic heterocycles. The average Bonchev–Trinajstić information content (AvgIpc) is 2.61. The smallest absolute Gasteiger partial charge is 0.410 e. The van der Waals surface area contributed by atoms with E-state index in [0.29, 0.717) is 35.2 Å². The van der Waals surface area contributed by atoms with E-state index in [1.54, 1.807) is 40.0 Å². The van der Waals surface area contributed by atoms with Gasteiger partial charge in [0.25, 0.3) is 5.91 Å². The van der Waals surface area contributed by atoms with E-state index in [1.165, 1.54) is 4.90 Å². The van der Waals surface area contributed by atoms with Crippen LogP contribution < -0.4 is 16.0 Å². The van der Waals surface area contributed by atoms with Crippen molar-refractivity contribution in [1.29, 1.82) is 0 Å². The minimum absolute atomic E-state index is 0.132. The fraction of sp³-hybridized carbons (Fsp3) is 0.556. The fourth-order valence-corrected chi connectivity index (χ4v) is 3.69. The van der Waals surface area contributed by atoms with Crippen LogP contribution in [0.1, 0.15) is 45.1 Å². The Hall–Kier alpha value is -1.70. The lowest BCUT2D eigenvalue weighted by molar-refractivity contribution is -0.127. The van der Waals surface area contributed by atoms with E-state index >= 15 is 0 Å². The summed E-state index contributed by atoms with van der Waals surface area (Å²) in [5.41, 5.74) is 2.19. The van der Waals surface area contributed by atoms with Crippen LogP contribution in [-0.4, -0.2) is 42.2 Å². The molecular formula is C18H25Cl2N3O4. The van der Waals surface area contributed by atoms with Crippen molar-refractivity contribution in [2.45, 2.75) is 51.2 Å². The molecule has 0 aromatic heterocycles. The first-order valence-electron chi connectivity index (χ1n) is 8.61. The topological polar surface area (TPSA) is 93.9 Å². The first-order valence-corrected chi connectivity index (χ1v) is 9.36. The van der Waals surface area contributed by atoms with Crippen molar-refractivity contribution in [3.8, 4) is 5.75 Å². The van der Waals surface area contributed by atoms with Gasteiger partial charge in [0.1, 0.15) is 17.4 Å². The van der Waals surface area contributed by atoms with Gasteiger partial charge in [-0.25, -0.2) is 10.6 Å². The van der Waals surface area contributed by atoms with Crippen LogP contribution in [0.2, 0.25) is 10.0 Å². The number of nitrogens with zero attached hydrogens (tertiary/aromatic N) is 1. The second-order valence-electron chi connectivity index (χ2n) is 7.40. The van der Waals surface area contributed by atoms with E-state index in [-0.39, 0.29) is 5.92 Å². The number of likely N-dealkylation sites (tertiary alicyclic amines) is 1. The number of benzene rings is 1. The number of hydrogen-bond donors (Lipinski definition) is 2. The van der Waals surface area contributed by atoms with Crippen molar-refractivity contribution in [1.82, 2.24) is 10.3 Å². The highest BCUT2D eigenvalue weighted by Gasteiger charge is 2.40. The van der Waals surface area contributed by atoms with E-state index in [1.807, 2.05) is 0 Å². The van der Waals surface area contributed by atoms with Crippen molar-refractivity contribution < 1.29 is 19.1 Å². The van der Waals surface area contributed by atoms with Crippen LogP contribution >= 0.6 is 23.2 Å². The van der Waals surface area contributed by atoms with E-state index in [4.69, 9.17) is 38.5 Å². The normalized spacial score (nSPS) is 20.2. The molecule has 1 aromatic carbocycles. The minimum atomic E-state index is -0.789. The third kappa shape index (κ3) is 4.97. The third-order valence-corrected chi connectivity index (χ3v) is 5.22. The van der Waals surface area contributed by atoms with Gasteiger partial charge in [-0.3, -0.25) is 15.1 Å². The maximum atomic E-state index is 12.5. The molecule has 150 valence electrons. The van der Waals surface area contributed by atoms with Gasteiger partial charge in [-0.05, 0) is 51.7 Å². The van der Waals surface area contributed by atoms with E-state index in [0.717, 1.165) is 5.56 Å². The number of methoxy groups -OCH3 is 1. The molecule has 1 fully saturated rings. The Labute approximate surface area is 169 Å². The van der Waals surface area contributed by atoms with Crippen molar-refractivity contribution in [3.63, 3.8) is 0 Å². The summed E-state index contributed by atoms with van der Waals surface area (Å²) >= 11 is 12.6. The zero-order valence-corrected chi connectivity index (χ0v) is 17.4. The predicted molar refractivity (Wildman–Crippen MR) is 104 cm³/mol. The maximum Gasteiger partial charge on any atom is 0.410 e. The molecule has 9 heteroatoms. The lowest BCUT2D eigenvalue weighted by Gasteiger charge is -2.39. The number of amides is 2. The Morgan fingerprint density at radius 3 is 2.52 bits per heavy atom. The number of piperidine rings is 1. The summed E-state index contributed by atoms with van der Waals surface area (Å²) in [5.74, 6) is 5.32.